The molecule has 3 rings (SSSR count). The molecule has 0 spiro atoms. The third-order valence-corrected chi connectivity index (χ3v) is 6.20. The lowest BCUT2D eigenvalue weighted by Crippen LogP contribution is -2.37. The lowest BCUT2D eigenvalue weighted by Gasteiger charge is -2.25. The molecule has 3 N–H and O–H groups in total. The van der Waals surface area contributed by atoms with Crippen LogP contribution in [-0.4, -0.2) is 60.0 Å². The molecule has 40 heavy (non-hydrogen) atoms. The van der Waals surface area contributed by atoms with Gasteiger partial charge in [-0.1, -0.05) is 11.8 Å². The molecule has 1 aliphatic heterocycles. The van der Waals surface area contributed by atoms with Crippen molar-refractivity contribution in [1.29, 1.82) is 0 Å². The van der Waals surface area contributed by atoms with Gasteiger partial charge in [-0.25, -0.2) is 4.79 Å². The highest BCUT2D eigenvalue weighted by molar-refractivity contribution is 6.03. The zero-order chi connectivity index (χ0) is 29.3. The lowest BCUT2D eigenvalue weighted by molar-refractivity contribution is -0.144. The second-order valence-electron chi connectivity index (χ2n) is 10.5. The maximum Gasteiger partial charge on any atom is 0.436 e. The van der Waals surface area contributed by atoms with Crippen LogP contribution in [0.5, 0.6) is 0 Å². The Morgan fingerprint density at radius 2 is 1.88 bits per heavy atom. The Bertz CT molecular complexity index is 1320. The van der Waals surface area contributed by atoms with E-state index >= 15 is 0 Å². The van der Waals surface area contributed by atoms with E-state index in [2.05, 4.69) is 22.2 Å². The van der Waals surface area contributed by atoms with Crippen molar-refractivity contribution < 1.29 is 23.9 Å². The Labute approximate surface area is 236 Å². The van der Waals surface area contributed by atoms with Crippen molar-refractivity contribution in [3.8, 4) is 11.8 Å². The van der Waals surface area contributed by atoms with Crippen LogP contribution in [0.15, 0.2) is 47.5 Å². The van der Waals surface area contributed by atoms with Crippen molar-refractivity contribution >= 4 is 29.5 Å². The molecule has 1 fully saturated rings. The fourth-order valence-electron chi connectivity index (χ4n) is 4.36. The van der Waals surface area contributed by atoms with Crippen molar-refractivity contribution in [2.45, 2.75) is 65.5 Å². The number of hydrogen-bond donors (Lipinski definition) is 2. The van der Waals surface area contributed by atoms with Crippen LogP contribution in [0.3, 0.4) is 0 Å². The van der Waals surface area contributed by atoms with Gasteiger partial charge in [0.1, 0.15) is 11.4 Å². The van der Waals surface area contributed by atoms with E-state index in [1.807, 2.05) is 31.2 Å². The van der Waals surface area contributed by atoms with Crippen LogP contribution in [0.1, 0.15) is 74.0 Å². The van der Waals surface area contributed by atoms with Crippen molar-refractivity contribution in [1.82, 2.24) is 4.90 Å². The van der Waals surface area contributed by atoms with Crippen LogP contribution in [0.4, 0.5) is 10.5 Å². The van der Waals surface area contributed by atoms with Crippen LogP contribution in [0.2, 0.25) is 0 Å². The molecule has 0 radical (unpaired) electrons. The number of hydrogen-bond acceptors (Lipinski definition) is 6. The number of benzene rings is 2. The average Bonchev–Trinajstić information content (AvgIpc) is 3.33. The molecule has 2 aromatic rings. The van der Waals surface area contributed by atoms with E-state index in [0.29, 0.717) is 30.8 Å². The number of nitrogens with zero attached hydrogens (tertiary/aromatic N) is 2. The van der Waals surface area contributed by atoms with Crippen molar-refractivity contribution in [3.63, 3.8) is 0 Å². The Balaban J connectivity index is 1.55. The number of amidine groups is 1. The molecule has 9 heteroatoms. The van der Waals surface area contributed by atoms with Gasteiger partial charge >= 0.3 is 12.1 Å². The quantitative estimate of drug-likeness (QED) is 0.224. The summed E-state index contributed by atoms with van der Waals surface area (Å²) in [5, 5.41) is 3.22. The first kappa shape index (κ1) is 30.2. The molecule has 0 aliphatic carbocycles. The lowest BCUT2D eigenvalue weighted by atomic mass is 10.0. The number of aliphatic imine (C=N–C) groups is 1. The summed E-state index contributed by atoms with van der Waals surface area (Å²) >= 11 is 0. The van der Waals surface area contributed by atoms with Gasteiger partial charge in [-0.2, -0.15) is 4.99 Å². The molecule has 2 aromatic carbocycles. The minimum atomic E-state index is -0.732. The predicted octanol–water partition coefficient (Wildman–Crippen LogP) is 4.66. The van der Waals surface area contributed by atoms with Gasteiger partial charge in [-0.05, 0) is 95.5 Å². The van der Waals surface area contributed by atoms with E-state index in [4.69, 9.17) is 15.2 Å². The number of ether oxygens (including phenoxy) is 2. The maximum absolute atomic E-state index is 13.2. The van der Waals surface area contributed by atoms with Gasteiger partial charge in [0.2, 0.25) is 0 Å². The van der Waals surface area contributed by atoms with Gasteiger partial charge in [0.15, 0.2) is 0 Å². The van der Waals surface area contributed by atoms with E-state index in [0.717, 1.165) is 29.7 Å². The standard InChI is InChI=1S/C31H38N4O5/c1-6-39-27(36)20-25-10-8-18-35(25)29(37)26-16-11-22(19-21(26)2)9-7-17-33-24-14-12-23(13-15-24)28(32)34-30(38)40-31(3,4)5/h11-16,19,25,33H,6,8,10,17-18,20H2,1-5H3,(H2,32,34,38). The van der Waals surface area contributed by atoms with Gasteiger partial charge in [-0.3, -0.25) is 9.59 Å². The number of nitrogens with two attached hydrogens (primary N) is 1. The number of esters is 1. The summed E-state index contributed by atoms with van der Waals surface area (Å²) in [4.78, 5) is 42.6. The molecule has 0 saturated carbocycles. The zero-order valence-corrected chi connectivity index (χ0v) is 23.9. The molecule has 1 atom stereocenters. The van der Waals surface area contributed by atoms with E-state index in [-0.39, 0.29) is 30.2 Å². The van der Waals surface area contributed by atoms with Crippen LogP contribution >= 0.6 is 0 Å². The van der Waals surface area contributed by atoms with Gasteiger partial charge in [-0.15, -0.1) is 0 Å². The number of amides is 2. The maximum atomic E-state index is 13.2. The van der Waals surface area contributed by atoms with Gasteiger partial charge < -0.3 is 25.4 Å². The van der Waals surface area contributed by atoms with Gasteiger partial charge in [0.05, 0.1) is 19.6 Å². The van der Waals surface area contributed by atoms with Gasteiger partial charge in [0.25, 0.3) is 5.91 Å². The van der Waals surface area contributed by atoms with E-state index in [9.17, 15) is 14.4 Å². The van der Waals surface area contributed by atoms with Crippen LogP contribution < -0.4 is 11.1 Å². The second kappa shape index (κ2) is 13.7. The number of aryl methyl sites for hydroxylation is 1. The number of carbonyl (C=O) groups excluding carboxylic acids is 3. The topological polar surface area (TPSA) is 123 Å². The first-order valence-electron chi connectivity index (χ1n) is 13.4. The number of rotatable bonds is 7. The number of nitrogens with one attached hydrogen (secondary N) is 1. The highest BCUT2D eigenvalue weighted by Crippen LogP contribution is 2.24. The molecular formula is C31H38N4O5. The summed E-state index contributed by atoms with van der Waals surface area (Å²) in [6, 6.07) is 12.6. The SMILES string of the molecule is CCOC(=O)CC1CCCN1C(=O)c1ccc(C#CCNc2ccc(/C(N)=N\C(=O)OC(C)(C)C)cc2)cc1C. The molecule has 212 valence electrons. The molecule has 1 aliphatic rings. The van der Waals surface area contributed by atoms with E-state index < -0.39 is 11.7 Å². The molecule has 0 bridgehead atoms. The molecule has 9 nitrogen and oxygen atoms in total. The highest BCUT2D eigenvalue weighted by Gasteiger charge is 2.32. The third-order valence-electron chi connectivity index (χ3n) is 6.20. The summed E-state index contributed by atoms with van der Waals surface area (Å²) in [5.74, 6) is 5.96. The third kappa shape index (κ3) is 8.87. The molecule has 1 saturated heterocycles. The minimum Gasteiger partial charge on any atom is -0.466 e. The van der Waals surface area contributed by atoms with Crippen molar-refractivity contribution in [3.05, 3.63) is 64.7 Å². The average molecular weight is 547 g/mol. The smallest absolute Gasteiger partial charge is 0.436 e. The Morgan fingerprint density at radius 1 is 1.15 bits per heavy atom. The zero-order valence-electron chi connectivity index (χ0n) is 23.9. The summed E-state index contributed by atoms with van der Waals surface area (Å²) in [7, 11) is 0. The first-order chi connectivity index (χ1) is 19.0. The summed E-state index contributed by atoms with van der Waals surface area (Å²) < 4.78 is 10.2. The predicted molar refractivity (Wildman–Crippen MR) is 155 cm³/mol. The monoisotopic (exact) mass is 546 g/mol. The Kier molecular flexibility index (Phi) is 10.3. The molecule has 1 heterocycles. The largest absolute Gasteiger partial charge is 0.466 e. The Hall–Kier alpha value is -4.32. The second-order valence-corrected chi connectivity index (χ2v) is 10.5. The molecule has 1 unspecified atom stereocenters. The molecular weight excluding hydrogens is 508 g/mol. The molecule has 0 aromatic heterocycles. The highest BCUT2D eigenvalue weighted by atomic mass is 16.6. The summed E-state index contributed by atoms with van der Waals surface area (Å²) in [5.41, 5.74) is 9.00. The fraction of sp³-hybridized carbons (Fsp3) is 0.419. The summed E-state index contributed by atoms with van der Waals surface area (Å²) in [6.07, 6.45) is 1.17. The number of likely N-dealkylation sites (tertiary alicyclic amines) is 1. The van der Waals surface area contributed by atoms with Crippen LogP contribution in [0, 0.1) is 18.8 Å². The van der Waals surface area contributed by atoms with Crippen molar-refractivity contribution in [2.24, 2.45) is 10.7 Å². The Morgan fingerprint density at radius 3 is 2.52 bits per heavy atom. The fourth-order valence-corrected chi connectivity index (χ4v) is 4.36. The van der Waals surface area contributed by atoms with E-state index in [1.54, 1.807) is 50.8 Å². The van der Waals surface area contributed by atoms with Crippen LogP contribution in [0.25, 0.3) is 0 Å². The number of carbonyl (C=O) groups is 3. The minimum absolute atomic E-state index is 0.0642. The summed E-state index contributed by atoms with van der Waals surface area (Å²) in [6.45, 7) is 10.3. The normalized spacial score (nSPS) is 15.2. The molecule has 2 amide bonds. The van der Waals surface area contributed by atoms with Crippen molar-refractivity contribution in [2.75, 3.05) is 25.0 Å². The van der Waals surface area contributed by atoms with Crippen LogP contribution in [-0.2, 0) is 14.3 Å². The first-order valence-corrected chi connectivity index (χ1v) is 13.4. The number of anilines is 1. The van der Waals surface area contributed by atoms with Gasteiger partial charge in [0, 0.05) is 35.0 Å². The van der Waals surface area contributed by atoms with E-state index in [1.165, 1.54) is 0 Å².